The van der Waals surface area contributed by atoms with Crippen molar-refractivity contribution in [2.45, 2.75) is 82.7 Å². The highest BCUT2D eigenvalue weighted by Crippen LogP contribution is 2.32. The van der Waals surface area contributed by atoms with Crippen LogP contribution >= 0.6 is 11.3 Å². The Morgan fingerprint density at radius 1 is 1.03 bits per heavy atom. The van der Waals surface area contributed by atoms with Crippen LogP contribution in [0.1, 0.15) is 69.8 Å². The number of rotatable bonds is 5. The zero-order valence-electron chi connectivity index (χ0n) is 16.7. The first kappa shape index (κ1) is 20.1. The van der Waals surface area contributed by atoms with Crippen LogP contribution in [0.5, 0.6) is 0 Å². The van der Waals surface area contributed by atoms with Gasteiger partial charge in [-0.1, -0.05) is 55.9 Å². The fourth-order valence-corrected chi connectivity index (χ4v) is 5.73. The van der Waals surface area contributed by atoms with Crippen molar-refractivity contribution in [3.63, 3.8) is 0 Å². The van der Waals surface area contributed by atoms with Crippen molar-refractivity contribution in [1.29, 1.82) is 0 Å². The van der Waals surface area contributed by atoms with Gasteiger partial charge in [-0.15, -0.1) is 0 Å². The summed E-state index contributed by atoms with van der Waals surface area (Å²) < 4.78 is 0.904. The number of aromatic nitrogens is 1. The number of amides is 2. The third kappa shape index (κ3) is 4.89. The van der Waals surface area contributed by atoms with E-state index in [0.717, 1.165) is 41.5 Å². The number of carbonyl (C=O) groups excluding carboxylic acids is 1. The summed E-state index contributed by atoms with van der Waals surface area (Å²) in [6.07, 6.45) is 11.7. The SMILES string of the molecule is O=C(O)Cc1ccc2nc(NC(=O)N(C3CCCCC3)C3CCCCC3)sc2c1. The smallest absolute Gasteiger partial charge is 0.324 e. The zero-order chi connectivity index (χ0) is 20.2. The lowest BCUT2D eigenvalue weighted by Crippen LogP contribution is -2.50. The molecule has 4 rings (SSSR count). The summed E-state index contributed by atoms with van der Waals surface area (Å²) >= 11 is 1.41. The minimum absolute atomic E-state index is 0.00727. The first-order valence-corrected chi connectivity index (χ1v) is 11.6. The topological polar surface area (TPSA) is 82.5 Å². The quantitative estimate of drug-likeness (QED) is 0.683. The predicted molar refractivity (Wildman–Crippen MR) is 116 cm³/mol. The number of hydrogen-bond acceptors (Lipinski definition) is 4. The van der Waals surface area contributed by atoms with E-state index >= 15 is 0 Å². The summed E-state index contributed by atoms with van der Waals surface area (Å²) in [7, 11) is 0. The number of benzene rings is 1. The molecule has 0 radical (unpaired) electrons. The number of thiazole rings is 1. The van der Waals surface area contributed by atoms with Crippen LogP contribution < -0.4 is 5.32 Å². The zero-order valence-corrected chi connectivity index (χ0v) is 17.5. The van der Waals surface area contributed by atoms with Gasteiger partial charge in [-0.2, -0.15) is 0 Å². The average molecular weight is 416 g/mol. The van der Waals surface area contributed by atoms with Crippen molar-refractivity contribution >= 4 is 38.7 Å². The van der Waals surface area contributed by atoms with Crippen molar-refractivity contribution in [3.05, 3.63) is 23.8 Å². The minimum atomic E-state index is -0.849. The summed E-state index contributed by atoms with van der Waals surface area (Å²) in [5.41, 5.74) is 1.54. The second kappa shape index (κ2) is 9.11. The van der Waals surface area contributed by atoms with Crippen LogP contribution in [0.3, 0.4) is 0 Å². The van der Waals surface area contributed by atoms with E-state index < -0.39 is 5.97 Å². The van der Waals surface area contributed by atoms with E-state index in [9.17, 15) is 9.59 Å². The van der Waals surface area contributed by atoms with Gasteiger partial charge in [-0.25, -0.2) is 9.78 Å². The van der Waals surface area contributed by atoms with Gasteiger partial charge in [-0.05, 0) is 43.4 Å². The Hall–Kier alpha value is -2.15. The lowest BCUT2D eigenvalue weighted by molar-refractivity contribution is -0.136. The van der Waals surface area contributed by atoms with Crippen LogP contribution in [0.25, 0.3) is 10.2 Å². The maximum Gasteiger partial charge on any atom is 0.324 e. The van der Waals surface area contributed by atoms with Crippen molar-refractivity contribution < 1.29 is 14.7 Å². The summed E-state index contributed by atoms with van der Waals surface area (Å²) in [6.45, 7) is 0. The fraction of sp³-hybridized carbons (Fsp3) is 0.591. The fourth-order valence-electron chi connectivity index (χ4n) is 4.81. The number of fused-ring (bicyclic) bond motifs is 1. The highest BCUT2D eigenvalue weighted by Gasteiger charge is 2.32. The van der Waals surface area contributed by atoms with E-state index in [1.54, 1.807) is 6.07 Å². The maximum absolute atomic E-state index is 13.3. The number of aliphatic carboxylic acids is 1. The third-order valence-corrected chi connectivity index (χ3v) is 7.13. The molecule has 0 aliphatic heterocycles. The molecule has 0 saturated heterocycles. The van der Waals surface area contributed by atoms with Gasteiger partial charge in [-0.3, -0.25) is 10.1 Å². The van der Waals surface area contributed by atoms with Crippen molar-refractivity contribution in [2.75, 3.05) is 5.32 Å². The van der Waals surface area contributed by atoms with Gasteiger partial charge >= 0.3 is 12.0 Å². The van der Waals surface area contributed by atoms with Crippen LogP contribution in [0, 0.1) is 0 Å². The molecule has 2 aliphatic rings. The molecule has 0 bridgehead atoms. The lowest BCUT2D eigenvalue weighted by Gasteiger charge is -2.41. The molecule has 1 aromatic carbocycles. The second-order valence-electron chi connectivity index (χ2n) is 8.31. The Labute approximate surface area is 175 Å². The predicted octanol–water partition coefficient (Wildman–Crippen LogP) is 5.42. The second-order valence-corrected chi connectivity index (χ2v) is 9.34. The highest BCUT2D eigenvalue weighted by atomic mass is 32.1. The molecule has 2 aromatic rings. The van der Waals surface area contributed by atoms with Crippen LogP contribution in [-0.2, 0) is 11.2 Å². The Morgan fingerprint density at radius 3 is 2.24 bits per heavy atom. The molecule has 2 N–H and O–H groups in total. The van der Waals surface area contributed by atoms with E-state index in [-0.39, 0.29) is 12.5 Å². The van der Waals surface area contributed by atoms with Gasteiger partial charge in [0.2, 0.25) is 0 Å². The maximum atomic E-state index is 13.3. The standard InChI is InChI=1S/C22H29N3O3S/c26-20(27)14-15-11-12-18-19(13-15)29-21(23-18)24-22(28)25(16-7-3-1-4-8-16)17-9-5-2-6-10-17/h11-13,16-17H,1-10,14H2,(H,26,27)(H,23,24,28). The van der Waals surface area contributed by atoms with Crippen LogP contribution in [0.15, 0.2) is 18.2 Å². The van der Waals surface area contributed by atoms with E-state index in [2.05, 4.69) is 15.2 Å². The van der Waals surface area contributed by atoms with Crippen LogP contribution in [0.2, 0.25) is 0 Å². The Balaban J connectivity index is 1.52. The highest BCUT2D eigenvalue weighted by molar-refractivity contribution is 7.22. The van der Waals surface area contributed by atoms with Gasteiger partial charge in [0.25, 0.3) is 0 Å². The Kier molecular flexibility index (Phi) is 6.33. The van der Waals surface area contributed by atoms with Crippen molar-refractivity contribution in [1.82, 2.24) is 9.88 Å². The molecule has 7 heteroatoms. The first-order valence-electron chi connectivity index (χ1n) is 10.8. The van der Waals surface area contributed by atoms with E-state index in [0.29, 0.717) is 17.2 Å². The number of hydrogen-bond donors (Lipinski definition) is 2. The van der Waals surface area contributed by atoms with Crippen LogP contribution in [0.4, 0.5) is 9.93 Å². The molecule has 156 valence electrons. The molecular weight excluding hydrogens is 386 g/mol. The molecule has 2 amide bonds. The molecule has 6 nitrogen and oxygen atoms in total. The minimum Gasteiger partial charge on any atom is -0.481 e. The number of nitrogens with zero attached hydrogens (tertiary/aromatic N) is 2. The van der Waals surface area contributed by atoms with Gasteiger partial charge in [0.1, 0.15) is 0 Å². The number of carboxylic acid groups (broad SMARTS) is 1. The summed E-state index contributed by atoms with van der Waals surface area (Å²) in [5.74, 6) is -0.849. The van der Waals surface area contributed by atoms with Gasteiger partial charge < -0.3 is 10.0 Å². The molecule has 2 fully saturated rings. The molecule has 2 aliphatic carbocycles. The lowest BCUT2D eigenvalue weighted by atomic mass is 9.89. The van der Waals surface area contributed by atoms with Gasteiger partial charge in [0.05, 0.1) is 16.6 Å². The van der Waals surface area contributed by atoms with Crippen molar-refractivity contribution in [2.24, 2.45) is 0 Å². The van der Waals surface area contributed by atoms with E-state index in [4.69, 9.17) is 5.11 Å². The van der Waals surface area contributed by atoms with Gasteiger partial charge in [0, 0.05) is 12.1 Å². The summed E-state index contributed by atoms with van der Waals surface area (Å²) in [6, 6.07) is 6.13. The first-order chi connectivity index (χ1) is 14.1. The van der Waals surface area contributed by atoms with E-state index in [1.165, 1.54) is 49.9 Å². The summed E-state index contributed by atoms with van der Waals surface area (Å²) in [5, 5.41) is 12.7. The molecule has 1 aromatic heterocycles. The Morgan fingerprint density at radius 2 is 1.66 bits per heavy atom. The molecular formula is C22H29N3O3S. The largest absolute Gasteiger partial charge is 0.481 e. The average Bonchev–Trinajstić information content (AvgIpc) is 3.11. The number of carboxylic acids is 1. The van der Waals surface area contributed by atoms with Gasteiger partial charge in [0.15, 0.2) is 5.13 Å². The molecule has 29 heavy (non-hydrogen) atoms. The number of nitrogens with one attached hydrogen (secondary N) is 1. The van der Waals surface area contributed by atoms with Crippen molar-refractivity contribution in [3.8, 4) is 0 Å². The Bertz CT molecular complexity index is 851. The normalized spacial score (nSPS) is 18.6. The number of anilines is 1. The molecule has 0 atom stereocenters. The van der Waals surface area contributed by atoms with Crippen LogP contribution in [-0.4, -0.2) is 39.1 Å². The molecule has 1 heterocycles. The summed E-state index contributed by atoms with van der Waals surface area (Å²) in [4.78, 5) is 31.0. The number of carbonyl (C=O) groups is 2. The third-order valence-electron chi connectivity index (χ3n) is 6.19. The molecule has 2 saturated carbocycles. The van der Waals surface area contributed by atoms with E-state index in [1.807, 2.05) is 12.1 Å². The molecule has 0 unspecified atom stereocenters. The molecule has 0 spiro atoms. The number of urea groups is 1. The monoisotopic (exact) mass is 415 g/mol.